The molecule has 4 aliphatic rings. The van der Waals surface area contributed by atoms with E-state index in [0.717, 1.165) is 39.0 Å². The minimum Gasteiger partial charge on any atom is -0.222 e. The van der Waals surface area contributed by atoms with E-state index in [0.29, 0.717) is 17.5 Å². The molecule has 0 spiro atoms. The topological polar surface area (TPSA) is 115 Å². The molecule has 10 nitrogen and oxygen atoms in total. The van der Waals surface area contributed by atoms with E-state index in [-0.39, 0.29) is 0 Å². The van der Waals surface area contributed by atoms with Crippen molar-refractivity contribution in [3.63, 3.8) is 0 Å². The maximum Gasteiger partial charge on any atom is 0.361 e. The second-order valence-electron chi connectivity index (χ2n) is 6.36. The average molecular weight is 468 g/mol. The van der Waals surface area contributed by atoms with Crippen molar-refractivity contribution in [3.8, 4) is 0 Å². The molecule has 1 unspecified atom stereocenters. The molecule has 0 bridgehead atoms. The third-order valence-electron chi connectivity index (χ3n) is 4.57. The van der Waals surface area contributed by atoms with Crippen LogP contribution < -0.4 is 3.95 Å². The molecule has 1 atom stereocenters. The van der Waals surface area contributed by atoms with Gasteiger partial charge < -0.3 is 0 Å². The summed E-state index contributed by atoms with van der Waals surface area (Å²) in [5.74, 6) is 1.75. The van der Waals surface area contributed by atoms with Crippen LogP contribution in [0, 0.1) is 0 Å². The fourth-order valence-electron chi connectivity index (χ4n) is 3.15. The number of fused-ring (bicyclic) bond motifs is 4. The van der Waals surface area contributed by atoms with E-state index >= 15 is 0 Å². The Hall–Kier alpha value is -3.07. The highest BCUT2D eigenvalue weighted by molar-refractivity contribution is 7.78. The second kappa shape index (κ2) is 6.21. The fraction of sp³-hybridized carbons (Fsp3) is 0. The number of thiol groups is 1. The molecule has 144 valence electrons. The zero-order valence-electron chi connectivity index (χ0n) is 14.6. The van der Waals surface area contributed by atoms with Crippen LogP contribution in [0.3, 0.4) is 0 Å². The highest BCUT2D eigenvalue weighted by Gasteiger charge is 2.28. The van der Waals surface area contributed by atoms with E-state index in [1.54, 1.807) is 6.20 Å². The molecule has 0 N–H and O–H groups in total. The van der Waals surface area contributed by atoms with Crippen LogP contribution in [0.4, 0.5) is 51.6 Å². The first kappa shape index (κ1) is 16.7. The van der Waals surface area contributed by atoms with Crippen molar-refractivity contribution in [1.82, 2.24) is 13.9 Å². The largest absolute Gasteiger partial charge is 0.361 e. The van der Waals surface area contributed by atoms with Crippen molar-refractivity contribution in [2.45, 2.75) is 4.90 Å². The van der Waals surface area contributed by atoms with E-state index in [4.69, 9.17) is 9.35 Å². The highest BCUT2D eigenvalue weighted by atomic mass is 32.2. The Kier molecular flexibility index (Phi) is 3.46. The van der Waals surface area contributed by atoms with E-state index in [1.165, 1.54) is 34.1 Å². The standard InChI is InChI=1S/C16H7N10S4/c1-2-8-9(20-27-19-8)3-7(1)30-24-15-16(25-30)18-14(6-17-15)26-13-5-11-10(21-28-22-11)4-12(13)23-29-26/h1-6,30H/q+1. The monoisotopic (exact) mass is 467 g/mol. The molecule has 4 aliphatic heterocycles. The molecular weight excluding hydrogens is 461 g/mol. The lowest BCUT2D eigenvalue weighted by molar-refractivity contribution is 1.04. The van der Waals surface area contributed by atoms with Gasteiger partial charge in [0.05, 0.1) is 22.7 Å². The minimum atomic E-state index is -1.12. The Labute approximate surface area is 181 Å². The highest BCUT2D eigenvalue weighted by Crippen LogP contribution is 2.44. The zero-order chi connectivity index (χ0) is 19.7. The van der Waals surface area contributed by atoms with Crippen molar-refractivity contribution < 1.29 is 0 Å². The summed E-state index contributed by atoms with van der Waals surface area (Å²) in [4.78, 5) is 10.2. The maximum absolute atomic E-state index is 4.74. The first-order chi connectivity index (χ1) is 14.8. The summed E-state index contributed by atoms with van der Waals surface area (Å²) >= 11 is 3.70. The van der Waals surface area contributed by atoms with Gasteiger partial charge in [0.2, 0.25) is 5.82 Å². The number of nitrogens with zero attached hydrogens (tertiary/aromatic N) is 10. The quantitative estimate of drug-likeness (QED) is 0.251. The van der Waals surface area contributed by atoms with Gasteiger partial charge in [-0.05, 0) is 39.7 Å². The van der Waals surface area contributed by atoms with E-state index in [1.807, 2.05) is 34.3 Å². The van der Waals surface area contributed by atoms with Crippen molar-refractivity contribution >= 4 is 96.1 Å². The van der Waals surface area contributed by atoms with E-state index in [2.05, 4.69) is 31.2 Å². The summed E-state index contributed by atoms with van der Waals surface area (Å²) in [5, 5.41) is 0. The number of hydrogen-bond donors (Lipinski definition) is 1. The van der Waals surface area contributed by atoms with Crippen molar-refractivity contribution in [2.75, 3.05) is 0 Å². The third-order valence-corrected chi connectivity index (χ3v) is 8.00. The summed E-state index contributed by atoms with van der Waals surface area (Å²) in [6.45, 7) is 0. The number of rotatable bonds is 2. The van der Waals surface area contributed by atoms with Gasteiger partial charge in [-0.3, -0.25) is 0 Å². The molecule has 0 fully saturated rings. The Morgan fingerprint density at radius 3 is 2.40 bits per heavy atom. The van der Waals surface area contributed by atoms with Crippen LogP contribution in [0.25, 0.3) is 0 Å². The first-order valence-corrected chi connectivity index (χ1v) is 12.0. The molecule has 2 aromatic carbocycles. The molecular formula is C16H7N10S4+. The molecule has 0 radical (unpaired) electrons. The van der Waals surface area contributed by atoms with Crippen LogP contribution in [0.15, 0.2) is 72.0 Å². The fourth-order valence-corrected chi connectivity index (χ4v) is 6.25. The van der Waals surface area contributed by atoms with Gasteiger partial charge in [-0.1, -0.05) is 0 Å². The van der Waals surface area contributed by atoms with Crippen molar-refractivity contribution in [2.24, 2.45) is 30.5 Å². The molecule has 3 aromatic rings. The van der Waals surface area contributed by atoms with Gasteiger partial charge in [0.1, 0.15) is 34.6 Å². The zero-order valence-corrected chi connectivity index (χ0v) is 18.0. The first-order valence-electron chi connectivity index (χ1n) is 8.59. The van der Waals surface area contributed by atoms with E-state index < -0.39 is 10.5 Å². The van der Waals surface area contributed by atoms with Gasteiger partial charge in [0.15, 0.2) is 17.0 Å². The van der Waals surface area contributed by atoms with Gasteiger partial charge in [-0.15, -0.1) is 3.95 Å². The molecule has 30 heavy (non-hydrogen) atoms. The van der Waals surface area contributed by atoms with Gasteiger partial charge >= 0.3 is 11.6 Å². The maximum atomic E-state index is 4.74. The summed E-state index contributed by atoms with van der Waals surface area (Å²) in [6, 6.07) is 9.84. The Bertz CT molecular complexity index is 1660. The van der Waals surface area contributed by atoms with Crippen LogP contribution >= 0.6 is 0 Å². The number of hydrogen-bond acceptors (Lipinski definition) is 9. The second-order valence-corrected chi connectivity index (χ2v) is 9.63. The minimum absolute atomic E-state index is 0.542. The molecule has 0 amide bonds. The summed E-state index contributed by atoms with van der Waals surface area (Å²) in [7, 11) is -1.12. The molecule has 14 heteroatoms. The van der Waals surface area contributed by atoms with Crippen molar-refractivity contribution in [1.29, 1.82) is 0 Å². The van der Waals surface area contributed by atoms with Crippen molar-refractivity contribution in [3.05, 3.63) is 36.5 Å². The molecule has 5 heterocycles. The van der Waals surface area contributed by atoms with Gasteiger partial charge in [-0.25, -0.2) is 4.98 Å². The van der Waals surface area contributed by atoms with Gasteiger partial charge in [0.25, 0.3) is 0 Å². The van der Waals surface area contributed by atoms with Gasteiger partial charge in [-0.2, -0.15) is 30.5 Å². The predicted octanol–water partition coefficient (Wildman–Crippen LogP) is 5.91. The van der Waals surface area contributed by atoms with Crippen LogP contribution in [-0.4, -0.2) is 9.97 Å². The van der Waals surface area contributed by atoms with Crippen LogP contribution in [0.2, 0.25) is 0 Å². The normalized spacial score (nSPS) is 18.3. The smallest absolute Gasteiger partial charge is 0.222 e. The molecule has 0 aliphatic carbocycles. The number of aromatic nitrogens is 2. The lowest BCUT2D eigenvalue weighted by atomic mass is 10.2. The number of benzene rings is 2. The summed E-state index contributed by atoms with van der Waals surface area (Å²) < 4.78 is 33.0. The van der Waals surface area contributed by atoms with Crippen LogP contribution in [0.5, 0.6) is 0 Å². The lowest BCUT2D eigenvalue weighted by Gasteiger charge is -2.00. The average Bonchev–Trinajstić information content (AvgIpc) is 3.55. The Morgan fingerprint density at radius 2 is 1.50 bits per heavy atom. The Morgan fingerprint density at radius 1 is 0.733 bits per heavy atom. The third kappa shape index (κ3) is 2.48. The Balaban J connectivity index is 1.28. The SMILES string of the molecule is c1cc2c(cc1[SH]1=Nc3ncc([N+]4=S=Nc5cc6c(cc54)N=S=N6)nc3N=1)N=S=N2. The van der Waals surface area contributed by atoms with E-state index in [9.17, 15) is 0 Å². The summed E-state index contributed by atoms with van der Waals surface area (Å²) in [6.07, 6.45) is 1.70. The molecule has 7 rings (SSSR count). The van der Waals surface area contributed by atoms with Crippen LogP contribution in [0.1, 0.15) is 0 Å². The summed E-state index contributed by atoms with van der Waals surface area (Å²) in [5.41, 5.74) is 5.18. The van der Waals surface area contributed by atoms with Crippen LogP contribution in [-0.2, 0) is 44.6 Å². The molecule has 0 saturated carbocycles. The molecule has 0 saturated heterocycles. The predicted molar refractivity (Wildman–Crippen MR) is 120 cm³/mol. The van der Waals surface area contributed by atoms with Gasteiger partial charge in [0, 0.05) is 11.0 Å². The molecule has 1 aromatic heterocycles. The lowest BCUT2D eigenvalue weighted by Crippen LogP contribution is -2.00.